The van der Waals surface area contributed by atoms with Crippen LogP contribution in [0.15, 0.2) is 53.1 Å². The zero-order valence-corrected chi connectivity index (χ0v) is 27.9. The molecule has 0 aromatic heterocycles. The van der Waals surface area contributed by atoms with Gasteiger partial charge in [0.05, 0.1) is 7.11 Å². The van der Waals surface area contributed by atoms with Crippen LogP contribution in [0.1, 0.15) is 70.3 Å². The van der Waals surface area contributed by atoms with Crippen molar-refractivity contribution in [1.29, 1.82) is 0 Å². The molecule has 0 saturated heterocycles. The average molecular weight is 657 g/mol. The number of thioether (sulfide) groups is 1. The Bertz CT molecular complexity index is 1090. The molecule has 1 atom stereocenters. The highest BCUT2D eigenvalue weighted by Crippen LogP contribution is 2.43. The third-order valence-electron chi connectivity index (χ3n) is 6.55. The lowest BCUT2D eigenvalue weighted by molar-refractivity contribution is -0.140. The molecule has 1 aliphatic carbocycles. The largest absolute Gasteiger partial charge is 0.534 e. The molecule has 0 heterocycles. The molecule has 0 bridgehead atoms. The summed E-state index contributed by atoms with van der Waals surface area (Å²) < 4.78 is 75.9. The summed E-state index contributed by atoms with van der Waals surface area (Å²) in [5.41, 5.74) is -4.28. The van der Waals surface area contributed by atoms with Crippen molar-refractivity contribution in [3.63, 3.8) is 0 Å². The molecule has 0 spiro atoms. The van der Waals surface area contributed by atoms with Gasteiger partial charge in [-0.1, -0.05) is 62.2 Å². The lowest BCUT2D eigenvalue weighted by atomic mass is 10.1. The summed E-state index contributed by atoms with van der Waals surface area (Å²) in [6.07, 6.45) is 15.6. The average Bonchev–Trinajstić information content (AvgIpc) is 3.32. The summed E-state index contributed by atoms with van der Waals surface area (Å²) in [5.74, 6) is 1.25. The van der Waals surface area contributed by atoms with Gasteiger partial charge < -0.3 is 13.1 Å². The van der Waals surface area contributed by atoms with Gasteiger partial charge >= 0.3 is 21.6 Å². The first-order chi connectivity index (χ1) is 19.8. The van der Waals surface area contributed by atoms with Gasteiger partial charge in [0.25, 0.3) is 0 Å². The first kappa shape index (κ1) is 38.4. The summed E-state index contributed by atoms with van der Waals surface area (Å²) >= 11 is 1.33. The number of benzene rings is 1. The van der Waals surface area contributed by atoms with E-state index in [4.69, 9.17) is 4.18 Å². The monoisotopic (exact) mass is 656 g/mol. The lowest BCUT2D eigenvalue weighted by Gasteiger charge is -2.28. The van der Waals surface area contributed by atoms with Gasteiger partial charge in [0, 0.05) is 30.8 Å². The standard InChI is InChI=1S/C23H29F3O5S2.C7H18OS/c1-30-21(27)14-6-3-9-17-32-22-19(13-8-7-12-18-10-4-2-5-11-18)15-16-20(22)31-33(28,29)23(24,25)26;1-5-6-7-9(3,4)8-2/h2,4-5,8,10-11,13,19H,3,6-7,9,12,14-17H2,1H3;5-7H2,1-4H3/b13-8+;. The van der Waals surface area contributed by atoms with E-state index in [1.165, 1.54) is 43.0 Å². The Hall–Kier alpha value is -1.63. The third kappa shape index (κ3) is 15.2. The minimum atomic E-state index is -5.70. The van der Waals surface area contributed by atoms with E-state index in [-0.39, 0.29) is 24.1 Å². The fourth-order valence-corrected chi connectivity index (χ4v) is 6.96. The number of alkyl halides is 3. The number of esters is 1. The molecule has 0 aliphatic heterocycles. The van der Waals surface area contributed by atoms with E-state index >= 15 is 0 Å². The van der Waals surface area contributed by atoms with Gasteiger partial charge in [-0.15, -0.1) is 22.1 Å². The van der Waals surface area contributed by atoms with Crippen molar-refractivity contribution in [2.75, 3.05) is 38.2 Å². The zero-order chi connectivity index (χ0) is 31.7. The number of carbonyl (C=O) groups excluding carboxylic acids is 1. The van der Waals surface area contributed by atoms with Crippen LogP contribution in [0.3, 0.4) is 0 Å². The zero-order valence-electron chi connectivity index (χ0n) is 25.4. The van der Waals surface area contributed by atoms with Crippen molar-refractivity contribution in [2.24, 2.45) is 5.92 Å². The quantitative estimate of drug-likeness (QED) is 0.0547. The molecule has 0 fully saturated rings. The van der Waals surface area contributed by atoms with Gasteiger partial charge in [0.15, 0.2) is 0 Å². The van der Waals surface area contributed by atoms with Crippen LogP contribution in [0.25, 0.3) is 0 Å². The molecule has 1 aromatic rings. The summed E-state index contributed by atoms with van der Waals surface area (Å²) in [5, 5.41) is 0. The summed E-state index contributed by atoms with van der Waals surface area (Å²) in [6, 6.07) is 9.92. The molecule has 0 saturated carbocycles. The Morgan fingerprint density at radius 2 is 1.76 bits per heavy atom. The van der Waals surface area contributed by atoms with Gasteiger partial charge in [-0.2, -0.15) is 21.6 Å². The number of allylic oxidation sites excluding steroid dienone is 4. The number of aryl methyl sites for hydroxylation is 1. The maximum absolute atomic E-state index is 12.8. The number of unbranched alkanes of at least 4 members (excludes halogenated alkanes) is 3. The van der Waals surface area contributed by atoms with E-state index < -0.39 is 25.9 Å². The van der Waals surface area contributed by atoms with Gasteiger partial charge in [0.1, 0.15) is 5.76 Å². The molecule has 0 radical (unpaired) electrons. The molecule has 1 aliphatic rings. The molecule has 12 heteroatoms. The van der Waals surface area contributed by atoms with E-state index in [2.05, 4.69) is 28.4 Å². The van der Waals surface area contributed by atoms with Crippen molar-refractivity contribution in [1.82, 2.24) is 0 Å². The van der Waals surface area contributed by atoms with Gasteiger partial charge in [0.2, 0.25) is 0 Å². The first-order valence-electron chi connectivity index (χ1n) is 14.2. The van der Waals surface area contributed by atoms with E-state index in [1.807, 2.05) is 49.6 Å². The molecule has 1 aromatic carbocycles. The smallest absolute Gasteiger partial charge is 0.469 e. The predicted molar refractivity (Wildman–Crippen MR) is 169 cm³/mol. The van der Waals surface area contributed by atoms with E-state index in [1.54, 1.807) is 0 Å². The molecular formula is C30H47F3O6S3. The first-order valence-corrected chi connectivity index (χ1v) is 19.1. The fourth-order valence-electron chi connectivity index (χ4n) is 3.94. The minimum absolute atomic E-state index is 0.121. The molecular weight excluding hydrogens is 610 g/mol. The number of rotatable bonds is 17. The molecule has 42 heavy (non-hydrogen) atoms. The third-order valence-corrected chi connectivity index (χ3v) is 11.0. The second kappa shape index (κ2) is 19.6. The number of carbonyl (C=O) groups is 1. The number of methoxy groups -OCH3 is 1. The number of halogens is 3. The Labute approximate surface area is 256 Å². The molecule has 1 unspecified atom stereocenters. The molecule has 242 valence electrons. The summed E-state index contributed by atoms with van der Waals surface area (Å²) in [6.45, 7) is 2.21. The molecule has 0 N–H and O–H groups in total. The van der Waals surface area contributed by atoms with Crippen molar-refractivity contribution < 1.29 is 39.5 Å². The highest BCUT2D eigenvalue weighted by molar-refractivity contribution is 8.28. The Kier molecular flexibility index (Phi) is 17.9. The lowest BCUT2D eigenvalue weighted by Crippen LogP contribution is -2.25. The van der Waals surface area contributed by atoms with Crippen LogP contribution in [0.2, 0.25) is 0 Å². The minimum Gasteiger partial charge on any atom is -0.469 e. The Morgan fingerprint density at radius 3 is 2.36 bits per heavy atom. The van der Waals surface area contributed by atoms with Crippen molar-refractivity contribution in [3.8, 4) is 0 Å². The predicted octanol–water partition coefficient (Wildman–Crippen LogP) is 8.54. The SMILES string of the molecule is CCCCS(C)(C)OC.COC(=O)CCCCCSC1=C(OS(=O)(=O)C(F)(F)F)CCC1/C=C/CCc1ccccc1. The summed E-state index contributed by atoms with van der Waals surface area (Å²) in [7, 11) is -3.24. The molecule has 6 nitrogen and oxygen atoms in total. The Balaban J connectivity index is 0.000000844. The van der Waals surface area contributed by atoms with Crippen LogP contribution in [-0.2, 0) is 34.4 Å². The van der Waals surface area contributed by atoms with Crippen molar-refractivity contribution in [3.05, 3.63) is 58.7 Å². The van der Waals surface area contributed by atoms with E-state index in [0.717, 1.165) is 25.7 Å². The van der Waals surface area contributed by atoms with Gasteiger partial charge in [-0.3, -0.25) is 4.79 Å². The summed E-state index contributed by atoms with van der Waals surface area (Å²) in [4.78, 5) is 11.7. The van der Waals surface area contributed by atoms with E-state index in [9.17, 15) is 26.4 Å². The molecule has 0 amide bonds. The number of hydrogen-bond acceptors (Lipinski definition) is 7. The maximum Gasteiger partial charge on any atom is 0.534 e. The highest BCUT2D eigenvalue weighted by Gasteiger charge is 2.49. The van der Waals surface area contributed by atoms with Gasteiger partial charge in [-0.05, 0) is 68.1 Å². The number of hydrogen-bond donors (Lipinski definition) is 0. The normalized spacial score (nSPS) is 16.3. The second-order valence-corrected chi connectivity index (χ2v) is 16.6. The van der Waals surface area contributed by atoms with Crippen molar-refractivity contribution >= 4 is 38.2 Å². The second-order valence-electron chi connectivity index (χ2n) is 10.3. The van der Waals surface area contributed by atoms with Crippen molar-refractivity contribution in [2.45, 2.75) is 76.6 Å². The van der Waals surface area contributed by atoms with Crippen LogP contribution >= 0.6 is 22.1 Å². The topological polar surface area (TPSA) is 78.9 Å². The highest BCUT2D eigenvalue weighted by atomic mass is 32.3. The Morgan fingerprint density at radius 1 is 1.07 bits per heavy atom. The van der Waals surface area contributed by atoms with Crippen LogP contribution < -0.4 is 0 Å². The fraction of sp³-hybridized carbons (Fsp3) is 0.633. The van der Waals surface area contributed by atoms with Crippen LogP contribution in [-0.4, -0.2) is 58.1 Å². The van der Waals surface area contributed by atoms with Crippen LogP contribution in [0.5, 0.6) is 0 Å². The molecule has 2 rings (SSSR count). The van der Waals surface area contributed by atoms with Crippen LogP contribution in [0, 0.1) is 5.92 Å². The maximum atomic E-state index is 12.8. The van der Waals surface area contributed by atoms with Crippen LogP contribution in [0.4, 0.5) is 13.2 Å². The van der Waals surface area contributed by atoms with E-state index in [0.29, 0.717) is 29.9 Å². The van der Waals surface area contributed by atoms with Gasteiger partial charge in [-0.25, -0.2) is 0 Å². The number of ether oxygens (including phenoxy) is 1.